The van der Waals surface area contributed by atoms with E-state index < -0.39 is 5.54 Å². The molecule has 0 unspecified atom stereocenters. The number of hydrogen-bond acceptors (Lipinski definition) is 4. The van der Waals surface area contributed by atoms with Gasteiger partial charge in [0, 0.05) is 17.3 Å². The molecule has 3 N–H and O–H groups in total. The summed E-state index contributed by atoms with van der Waals surface area (Å²) < 4.78 is 6.23. The minimum atomic E-state index is -0.720. The maximum atomic E-state index is 9.63. The molecule has 0 bridgehead atoms. The fraction of sp³-hybridized carbons (Fsp3) is 0.214. The molecule has 0 aromatic heterocycles. The highest BCUT2D eigenvalue weighted by Crippen LogP contribution is 2.40. The molecule has 32 heavy (non-hydrogen) atoms. The Bertz CT molecular complexity index is 1360. The summed E-state index contributed by atoms with van der Waals surface area (Å²) in [5.74, 6) is 0.882. The SMILES string of the molecule is CC(CO)(CO)NCc1ccc2ccc3c(OCc4ccccc4)ccc4ccc1c2c43. The van der Waals surface area contributed by atoms with Gasteiger partial charge in [0.05, 0.1) is 18.8 Å². The Hall–Kier alpha value is -3.18. The standard InChI is InChI=1S/C28H27NO3/c1-28(17-30,18-31)29-15-22-8-7-20-10-13-24-25(32-16-19-5-3-2-4-6-19)14-11-21-9-12-23(22)26(20)27(21)24/h2-14,29-31H,15-18H2,1H3. The molecule has 0 saturated heterocycles. The summed E-state index contributed by atoms with van der Waals surface area (Å²) in [4.78, 5) is 0. The van der Waals surface area contributed by atoms with Crippen molar-refractivity contribution in [1.29, 1.82) is 0 Å². The van der Waals surface area contributed by atoms with Gasteiger partial charge in [0.25, 0.3) is 0 Å². The topological polar surface area (TPSA) is 61.7 Å². The average Bonchev–Trinajstić information content (AvgIpc) is 2.85. The van der Waals surface area contributed by atoms with Crippen LogP contribution in [0.2, 0.25) is 0 Å². The van der Waals surface area contributed by atoms with Gasteiger partial charge in [-0.15, -0.1) is 0 Å². The summed E-state index contributed by atoms with van der Waals surface area (Å²) in [6.07, 6.45) is 0. The Morgan fingerprint density at radius 2 is 1.38 bits per heavy atom. The van der Waals surface area contributed by atoms with E-state index in [1.54, 1.807) is 0 Å². The lowest BCUT2D eigenvalue weighted by Crippen LogP contribution is -2.48. The molecule has 0 aliphatic rings. The van der Waals surface area contributed by atoms with Crippen molar-refractivity contribution in [3.63, 3.8) is 0 Å². The Labute approximate surface area is 187 Å². The van der Waals surface area contributed by atoms with Gasteiger partial charge in [-0.25, -0.2) is 0 Å². The van der Waals surface area contributed by atoms with Crippen molar-refractivity contribution in [1.82, 2.24) is 5.32 Å². The summed E-state index contributed by atoms with van der Waals surface area (Å²) >= 11 is 0. The van der Waals surface area contributed by atoms with E-state index in [9.17, 15) is 10.2 Å². The van der Waals surface area contributed by atoms with Crippen LogP contribution >= 0.6 is 0 Å². The van der Waals surface area contributed by atoms with Crippen molar-refractivity contribution in [3.8, 4) is 5.75 Å². The van der Waals surface area contributed by atoms with Gasteiger partial charge in [0.15, 0.2) is 0 Å². The molecular formula is C28H27NO3. The van der Waals surface area contributed by atoms with Gasteiger partial charge in [-0.2, -0.15) is 0 Å². The Morgan fingerprint density at radius 1 is 0.750 bits per heavy atom. The van der Waals surface area contributed by atoms with Gasteiger partial charge in [-0.05, 0) is 51.7 Å². The van der Waals surface area contributed by atoms with E-state index in [2.05, 4.69) is 66.0 Å². The first-order valence-corrected chi connectivity index (χ1v) is 10.9. The zero-order valence-electron chi connectivity index (χ0n) is 18.1. The predicted octanol–water partition coefficient (Wildman–Crippen LogP) is 5.00. The normalized spacial score (nSPS) is 12.2. The number of hydrogen-bond donors (Lipinski definition) is 3. The van der Waals surface area contributed by atoms with Crippen LogP contribution in [0.1, 0.15) is 18.1 Å². The molecule has 5 rings (SSSR count). The Morgan fingerprint density at radius 3 is 2.09 bits per heavy atom. The second kappa shape index (κ2) is 8.40. The summed E-state index contributed by atoms with van der Waals surface area (Å²) in [7, 11) is 0. The van der Waals surface area contributed by atoms with E-state index in [1.807, 2.05) is 25.1 Å². The summed E-state index contributed by atoms with van der Waals surface area (Å²) in [6, 6.07) is 27.3. The second-order valence-corrected chi connectivity index (χ2v) is 8.72. The highest BCUT2D eigenvalue weighted by Gasteiger charge is 2.22. The minimum absolute atomic E-state index is 0.128. The quantitative estimate of drug-likeness (QED) is 0.306. The van der Waals surface area contributed by atoms with Gasteiger partial charge in [-0.1, -0.05) is 66.7 Å². The van der Waals surface area contributed by atoms with Crippen molar-refractivity contribution in [3.05, 3.63) is 90.0 Å². The van der Waals surface area contributed by atoms with E-state index in [0.717, 1.165) is 22.3 Å². The lowest BCUT2D eigenvalue weighted by atomic mass is 9.91. The summed E-state index contributed by atoms with van der Waals surface area (Å²) in [6.45, 7) is 2.65. The van der Waals surface area contributed by atoms with Gasteiger partial charge in [0.1, 0.15) is 12.4 Å². The van der Waals surface area contributed by atoms with Crippen molar-refractivity contribution in [2.45, 2.75) is 25.6 Å². The van der Waals surface area contributed by atoms with Crippen LogP contribution in [-0.2, 0) is 13.2 Å². The first kappa shape index (κ1) is 20.7. The van der Waals surface area contributed by atoms with Crippen molar-refractivity contribution in [2.75, 3.05) is 13.2 Å². The average molecular weight is 426 g/mol. The van der Waals surface area contributed by atoms with E-state index in [4.69, 9.17) is 4.74 Å². The number of nitrogens with one attached hydrogen (secondary N) is 1. The predicted molar refractivity (Wildman–Crippen MR) is 130 cm³/mol. The molecule has 0 amide bonds. The molecule has 0 spiro atoms. The number of aliphatic hydroxyl groups is 2. The Balaban J connectivity index is 1.58. The van der Waals surface area contributed by atoms with Crippen molar-refractivity contribution < 1.29 is 14.9 Å². The zero-order chi connectivity index (χ0) is 22.1. The van der Waals surface area contributed by atoms with Crippen LogP contribution in [-0.4, -0.2) is 29.0 Å². The zero-order valence-corrected chi connectivity index (χ0v) is 18.1. The number of ether oxygens (including phenoxy) is 1. The largest absolute Gasteiger partial charge is 0.488 e. The number of rotatable bonds is 8. The lowest BCUT2D eigenvalue weighted by Gasteiger charge is -2.27. The van der Waals surface area contributed by atoms with Crippen molar-refractivity contribution >= 4 is 32.3 Å². The molecule has 0 saturated carbocycles. The van der Waals surface area contributed by atoms with Gasteiger partial charge >= 0.3 is 0 Å². The molecule has 0 aliphatic carbocycles. The maximum absolute atomic E-state index is 9.63. The van der Waals surface area contributed by atoms with Crippen LogP contribution in [0, 0.1) is 0 Å². The first-order chi connectivity index (χ1) is 15.6. The van der Waals surface area contributed by atoms with E-state index in [1.165, 1.54) is 26.9 Å². The number of benzene rings is 5. The van der Waals surface area contributed by atoms with Crippen LogP contribution in [0.15, 0.2) is 78.9 Å². The molecule has 0 heterocycles. The molecular weight excluding hydrogens is 398 g/mol. The smallest absolute Gasteiger partial charge is 0.127 e. The second-order valence-electron chi connectivity index (χ2n) is 8.72. The summed E-state index contributed by atoms with van der Waals surface area (Å²) in [5.41, 5.74) is 1.56. The van der Waals surface area contributed by atoms with Gasteiger partial charge in [-0.3, -0.25) is 0 Å². The van der Waals surface area contributed by atoms with Crippen LogP contribution in [0.25, 0.3) is 32.3 Å². The van der Waals surface area contributed by atoms with Crippen LogP contribution in [0.3, 0.4) is 0 Å². The molecule has 5 aromatic rings. The minimum Gasteiger partial charge on any atom is -0.488 e. The molecule has 0 aliphatic heterocycles. The maximum Gasteiger partial charge on any atom is 0.127 e. The molecule has 4 heteroatoms. The Kier molecular flexibility index (Phi) is 5.43. The van der Waals surface area contributed by atoms with Crippen LogP contribution in [0.5, 0.6) is 5.75 Å². The first-order valence-electron chi connectivity index (χ1n) is 10.9. The lowest BCUT2D eigenvalue weighted by molar-refractivity contribution is 0.103. The molecule has 0 atom stereocenters. The molecule has 5 aromatic carbocycles. The highest BCUT2D eigenvalue weighted by molar-refractivity contribution is 6.24. The molecule has 162 valence electrons. The van der Waals surface area contributed by atoms with Gasteiger partial charge < -0.3 is 20.3 Å². The van der Waals surface area contributed by atoms with E-state index >= 15 is 0 Å². The molecule has 4 nitrogen and oxygen atoms in total. The third-order valence-corrected chi connectivity index (χ3v) is 6.36. The van der Waals surface area contributed by atoms with Crippen LogP contribution in [0.4, 0.5) is 0 Å². The van der Waals surface area contributed by atoms with Crippen LogP contribution < -0.4 is 10.1 Å². The summed E-state index contributed by atoms with van der Waals surface area (Å²) in [5, 5.41) is 29.6. The fourth-order valence-electron chi connectivity index (χ4n) is 4.32. The highest BCUT2D eigenvalue weighted by atomic mass is 16.5. The van der Waals surface area contributed by atoms with Crippen molar-refractivity contribution in [2.24, 2.45) is 0 Å². The monoisotopic (exact) mass is 425 g/mol. The fourth-order valence-corrected chi connectivity index (χ4v) is 4.32. The van der Waals surface area contributed by atoms with E-state index in [0.29, 0.717) is 13.2 Å². The third-order valence-electron chi connectivity index (χ3n) is 6.36. The van der Waals surface area contributed by atoms with Gasteiger partial charge in [0.2, 0.25) is 0 Å². The van der Waals surface area contributed by atoms with E-state index in [-0.39, 0.29) is 13.2 Å². The number of aliphatic hydroxyl groups excluding tert-OH is 2. The molecule has 0 radical (unpaired) electrons. The third kappa shape index (κ3) is 3.67. The molecule has 0 fully saturated rings.